The zero-order valence-corrected chi connectivity index (χ0v) is 20.0. The second kappa shape index (κ2) is 8.06. The Kier molecular flexibility index (Phi) is 4.96. The van der Waals surface area contributed by atoms with Crippen molar-refractivity contribution in [1.29, 1.82) is 0 Å². The van der Waals surface area contributed by atoms with Gasteiger partial charge in [0, 0.05) is 29.6 Å². The molecule has 2 aliphatic rings. The number of fused-ring (bicyclic) bond motifs is 6. The zero-order chi connectivity index (χ0) is 24.2. The number of aryl methyl sites for hydroxylation is 1. The average Bonchev–Trinajstić information content (AvgIpc) is 3.42. The molecule has 2 aromatic carbocycles. The summed E-state index contributed by atoms with van der Waals surface area (Å²) in [4.78, 5) is 32.8. The van der Waals surface area contributed by atoms with Crippen molar-refractivity contribution in [1.82, 2.24) is 14.3 Å². The lowest BCUT2D eigenvalue weighted by molar-refractivity contribution is -0.131. The molecule has 35 heavy (non-hydrogen) atoms. The fourth-order valence-corrected chi connectivity index (χ4v) is 5.96. The van der Waals surface area contributed by atoms with Crippen LogP contribution in [0, 0.1) is 5.92 Å². The predicted molar refractivity (Wildman–Crippen MR) is 133 cm³/mol. The second-order valence-electron chi connectivity index (χ2n) is 8.78. The Bertz CT molecular complexity index is 1620. The number of para-hydroxylation sites is 2. The van der Waals surface area contributed by atoms with Gasteiger partial charge in [-0.25, -0.2) is 4.99 Å². The maximum absolute atomic E-state index is 13.7. The van der Waals surface area contributed by atoms with E-state index in [1.165, 1.54) is 11.3 Å². The number of anilines is 1. The summed E-state index contributed by atoms with van der Waals surface area (Å²) in [5, 5.41) is 7.29. The molecular weight excluding hydrogens is 462 g/mol. The minimum atomic E-state index is -1.17. The van der Waals surface area contributed by atoms with E-state index in [2.05, 4.69) is 10.4 Å². The van der Waals surface area contributed by atoms with Gasteiger partial charge in [-0.05, 0) is 38.1 Å². The highest BCUT2D eigenvalue weighted by molar-refractivity contribution is 7.07. The zero-order valence-electron chi connectivity index (χ0n) is 19.2. The van der Waals surface area contributed by atoms with Gasteiger partial charge in [0.25, 0.3) is 5.56 Å². The van der Waals surface area contributed by atoms with E-state index in [9.17, 15) is 9.59 Å². The molecule has 0 unspecified atom stereocenters. The Labute approximate surface area is 204 Å². The first kappa shape index (κ1) is 21.5. The number of thiazole rings is 1. The van der Waals surface area contributed by atoms with Gasteiger partial charge in [0.15, 0.2) is 4.80 Å². The Morgan fingerprint density at radius 1 is 1.20 bits per heavy atom. The van der Waals surface area contributed by atoms with Gasteiger partial charge in [-0.3, -0.25) is 18.8 Å². The summed E-state index contributed by atoms with van der Waals surface area (Å²) in [5.41, 5.74) is 0.962. The van der Waals surface area contributed by atoms with Crippen molar-refractivity contribution in [3.8, 4) is 5.75 Å². The van der Waals surface area contributed by atoms with Gasteiger partial charge in [0.05, 0.1) is 16.8 Å². The number of nitrogens with zero attached hydrogens (tertiary/aromatic N) is 4. The molecule has 6 rings (SSSR count). The summed E-state index contributed by atoms with van der Waals surface area (Å²) in [7, 11) is 0. The molecule has 4 aromatic rings. The first-order valence-electron chi connectivity index (χ1n) is 11.5. The van der Waals surface area contributed by atoms with Crippen molar-refractivity contribution in [2.45, 2.75) is 32.2 Å². The number of amides is 1. The highest BCUT2D eigenvalue weighted by atomic mass is 32.1. The molecule has 2 bridgehead atoms. The highest BCUT2D eigenvalue weighted by Crippen LogP contribution is 2.47. The molecule has 0 spiro atoms. The van der Waals surface area contributed by atoms with E-state index in [0.717, 1.165) is 17.7 Å². The topological polar surface area (TPSA) is 90.5 Å². The fourth-order valence-electron chi connectivity index (χ4n) is 4.86. The summed E-state index contributed by atoms with van der Waals surface area (Å²) in [6, 6.07) is 16.3. The van der Waals surface area contributed by atoms with Crippen molar-refractivity contribution in [3.05, 3.63) is 97.8 Å². The highest BCUT2D eigenvalue weighted by Gasteiger charge is 2.55. The van der Waals surface area contributed by atoms with Crippen LogP contribution in [0.3, 0.4) is 0 Å². The molecule has 8 nitrogen and oxygen atoms in total. The van der Waals surface area contributed by atoms with Crippen LogP contribution in [-0.4, -0.2) is 26.0 Å². The summed E-state index contributed by atoms with van der Waals surface area (Å²) in [5.74, 6) is -0.362. The first-order chi connectivity index (χ1) is 17.0. The van der Waals surface area contributed by atoms with Crippen molar-refractivity contribution >= 4 is 29.0 Å². The molecule has 2 aromatic heterocycles. The first-order valence-corrected chi connectivity index (χ1v) is 12.3. The van der Waals surface area contributed by atoms with E-state index < -0.39 is 17.7 Å². The molecule has 0 aliphatic carbocycles. The van der Waals surface area contributed by atoms with Crippen LogP contribution in [-0.2, 0) is 11.3 Å². The van der Waals surface area contributed by atoms with Gasteiger partial charge < -0.3 is 10.1 Å². The van der Waals surface area contributed by atoms with Gasteiger partial charge in [-0.2, -0.15) is 5.10 Å². The summed E-state index contributed by atoms with van der Waals surface area (Å²) >= 11 is 1.30. The summed E-state index contributed by atoms with van der Waals surface area (Å²) < 4.78 is 10.3. The molecular formula is C26H23N5O3S. The molecule has 0 radical (unpaired) electrons. The normalized spacial score (nSPS) is 22.5. The molecule has 0 fully saturated rings. The summed E-state index contributed by atoms with van der Waals surface area (Å²) in [6.07, 6.45) is 5.46. The quantitative estimate of drug-likeness (QED) is 0.481. The lowest BCUT2D eigenvalue weighted by Gasteiger charge is -2.45. The van der Waals surface area contributed by atoms with E-state index in [-0.39, 0.29) is 11.5 Å². The van der Waals surface area contributed by atoms with E-state index >= 15 is 0 Å². The van der Waals surface area contributed by atoms with E-state index in [1.807, 2.05) is 85.4 Å². The molecule has 9 heteroatoms. The number of carbonyl (C=O) groups excluding carboxylic acids is 1. The monoisotopic (exact) mass is 485 g/mol. The average molecular weight is 486 g/mol. The van der Waals surface area contributed by atoms with E-state index in [1.54, 1.807) is 10.8 Å². The van der Waals surface area contributed by atoms with Crippen molar-refractivity contribution in [2.75, 3.05) is 5.32 Å². The third kappa shape index (κ3) is 3.50. The Morgan fingerprint density at radius 2 is 1.97 bits per heavy atom. The number of ether oxygens (including phenoxy) is 1. The van der Waals surface area contributed by atoms with E-state index in [4.69, 9.17) is 9.73 Å². The van der Waals surface area contributed by atoms with Crippen LogP contribution in [0.15, 0.2) is 76.8 Å². The van der Waals surface area contributed by atoms with Crippen LogP contribution in [0.4, 0.5) is 5.69 Å². The smallest absolute Gasteiger partial charge is 0.270 e. The molecule has 0 saturated carbocycles. The maximum Gasteiger partial charge on any atom is 0.270 e. The van der Waals surface area contributed by atoms with E-state index in [0.29, 0.717) is 20.8 Å². The molecule has 1 amide bonds. The number of carbonyl (C=O) groups is 1. The third-order valence-corrected chi connectivity index (χ3v) is 7.46. The van der Waals surface area contributed by atoms with Crippen molar-refractivity contribution in [3.63, 3.8) is 0 Å². The van der Waals surface area contributed by atoms with Crippen LogP contribution >= 0.6 is 11.3 Å². The number of hydrogen-bond donors (Lipinski definition) is 1. The predicted octanol–water partition coefficient (Wildman–Crippen LogP) is 2.54. The number of benzene rings is 2. The largest absolute Gasteiger partial charge is 0.465 e. The fraction of sp³-hybridized carbons (Fsp3) is 0.231. The maximum atomic E-state index is 13.7. The van der Waals surface area contributed by atoms with Gasteiger partial charge in [-0.15, -0.1) is 0 Å². The van der Waals surface area contributed by atoms with Gasteiger partial charge in [-0.1, -0.05) is 47.7 Å². The number of nitrogens with one attached hydrogen (secondary N) is 1. The Balaban J connectivity index is 1.53. The molecule has 0 saturated heterocycles. The molecule has 1 N–H and O–H groups in total. The van der Waals surface area contributed by atoms with Gasteiger partial charge in [0.2, 0.25) is 11.6 Å². The Hall–Kier alpha value is -3.98. The third-order valence-electron chi connectivity index (χ3n) is 6.48. The second-order valence-corrected chi connectivity index (χ2v) is 9.79. The van der Waals surface area contributed by atoms with Crippen LogP contribution in [0.25, 0.3) is 6.08 Å². The lowest BCUT2D eigenvalue weighted by atomic mass is 9.80. The van der Waals surface area contributed by atoms with Gasteiger partial charge in [0.1, 0.15) is 11.7 Å². The number of hydrogen-bond acceptors (Lipinski definition) is 6. The van der Waals surface area contributed by atoms with Crippen LogP contribution < -0.4 is 24.9 Å². The number of aromatic nitrogens is 3. The van der Waals surface area contributed by atoms with Crippen LogP contribution in [0.1, 0.15) is 31.0 Å². The SMILES string of the molecule is CCn1cc(/C=c2\sc3n(c2=O)[C@H]2c4ccccc4O[C@@](C)(N=3)[C@@H]2C(=O)Nc2ccccc2)cn1. The Morgan fingerprint density at radius 3 is 2.74 bits per heavy atom. The van der Waals surface area contributed by atoms with Crippen LogP contribution in [0.5, 0.6) is 5.75 Å². The minimum absolute atomic E-state index is 0.181. The van der Waals surface area contributed by atoms with Crippen molar-refractivity contribution in [2.24, 2.45) is 10.9 Å². The molecule has 3 atom stereocenters. The summed E-state index contributed by atoms with van der Waals surface area (Å²) in [6.45, 7) is 4.57. The molecule has 2 aliphatic heterocycles. The molecule has 4 heterocycles. The van der Waals surface area contributed by atoms with Gasteiger partial charge >= 0.3 is 0 Å². The van der Waals surface area contributed by atoms with Crippen LogP contribution in [0.2, 0.25) is 0 Å². The molecule has 176 valence electrons. The van der Waals surface area contributed by atoms with Crippen molar-refractivity contribution < 1.29 is 9.53 Å². The number of rotatable bonds is 4. The standard InChI is InChI=1S/C26H23N5O3S/c1-3-30-15-16(14-27-30)13-20-24(33)31-22-18-11-7-8-12-19(18)34-26(2,29-25(31)35-20)21(22)23(32)28-17-9-5-4-6-10-17/h4-15,21-22H,3H2,1-2H3,(H,28,32)/b20-13-/t21-,22-,26+/m0/s1. The lowest BCUT2D eigenvalue weighted by Crippen LogP contribution is -2.59. The minimum Gasteiger partial charge on any atom is -0.465 e.